The molecule has 0 aromatic rings. The molecule has 0 aromatic heterocycles. The van der Waals surface area contributed by atoms with E-state index in [1.54, 1.807) is 0 Å². The summed E-state index contributed by atoms with van der Waals surface area (Å²) in [6.07, 6.45) is 1.45. The van der Waals surface area contributed by atoms with E-state index in [1.165, 1.54) is 0 Å². The molecule has 2 N–H and O–H groups in total. The number of hydrogen-bond acceptors (Lipinski definition) is 3. The van der Waals surface area contributed by atoms with Crippen LogP contribution in [0, 0.1) is 5.41 Å². The molecule has 0 saturated heterocycles. The minimum atomic E-state index is -3.32. The Kier molecular flexibility index (Phi) is 5.97. The van der Waals surface area contributed by atoms with Crippen LogP contribution in [-0.2, 0) is 10.0 Å². The van der Waals surface area contributed by atoms with Crippen molar-refractivity contribution in [3.63, 3.8) is 0 Å². The fourth-order valence-corrected chi connectivity index (χ4v) is 1.91. The topological polar surface area (TPSA) is 66.4 Å². The maximum atomic E-state index is 11.0. The highest BCUT2D eigenvalue weighted by Gasteiger charge is 2.20. The first-order valence-corrected chi connectivity index (χ1v) is 6.66. The Bertz CT molecular complexity index is 251. The quantitative estimate of drug-likeness (QED) is 0.653. The standard InChI is InChI=1S/C8H18ClNO3S/c1-8(2,4-3-5-11)6-10-14(12,13)7-9/h10-11H,3-7H2,1-2H3. The molecule has 0 amide bonds. The van der Waals surface area contributed by atoms with Gasteiger partial charge in [0.1, 0.15) is 5.21 Å². The minimum absolute atomic E-state index is 0.131. The second kappa shape index (κ2) is 5.90. The summed E-state index contributed by atoms with van der Waals surface area (Å²) in [5.74, 6) is 0. The lowest BCUT2D eigenvalue weighted by Crippen LogP contribution is -2.34. The Hall–Kier alpha value is 0.160. The fraction of sp³-hybridized carbons (Fsp3) is 1.00. The van der Waals surface area contributed by atoms with Gasteiger partial charge in [-0.2, -0.15) is 0 Å². The molecule has 0 atom stereocenters. The van der Waals surface area contributed by atoms with E-state index in [4.69, 9.17) is 16.7 Å². The van der Waals surface area contributed by atoms with Crippen molar-refractivity contribution in [1.29, 1.82) is 0 Å². The molecule has 0 fully saturated rings. The average Bonchev–Trinajstić information content (AvgIpc) is 2.12. The molecule has 0 bridgehead atoms. The number of alkyl halides is 1. The summed E-state index contributed by atoms with van der Waals surface area (Å²) in [6.45, 7) is 4.37. The smallest absolute Gasteiger partial charge is 0.225 e. The van der Waals surface area contributed by atoms with Gasteiger partial charge in [0.05, 0.1) is 0 Å². The third-order valence-electron chi connectivity index (χ3n) is 1.93. The van der Waals surface area contributed by atoms with Gasteiger partial charge in [0, 0.05) is 13.2 Å². The van der Waals surface area contributed by atoms with Crippen LogP contribution in [0.5, 0.6) is 0 Å². The maximum absolute atomic E-state index is 11.0. The van der Waals surface area contributed by atoms with Crippen LogP contribution in [0.15, 0.2) is 0 Å². The van der Waals surface area contributed by atoms with Crippen molar-refractivity contribution >= 4 is 21.6 Å². The zero-order valence-electron chi connectivity index (χ0n) is 8.59. The molecule has 0 aromatic carbocycles. The molecule has 0 aliphatic heterocycles. The lowest BCUT2D eigenvalue weighted by molar-refractivity contribution is 0.242. The van der Waals surface area contributed by atoms with Crippen molar-refractivity contribution in [2.45, 2.75) is 26.7 Å². The first kappa shape index (κ1) is 14.2. The van der Waals surface area contributed by atoms with E-state index < -0.39 is 15.2 Å². The third kappa shape index (κ3) is 6.59. The molecule has 0 rings (SSSR count). The average molecular weight is 244 g/mol. The number of aliphatic hydroxyl groups is 1. The molecule has 4 nitrogen and oxygen atoms in total. The minimum Gasteiger partial charge on any atom is -0.396 e. The van der Waals surface area contributed by atoms with Crippen LogP contribution in [0.4, 0.5) is 0 Å². The summed E-state index contributed by atoms with van der Waals surface area (Å²) in [5, 5.41) is 8.23. The van der Waals surface area contributed by atoms with Crippen LogP contribution in [0.3, 0.4) is 0 Å². The molecule has 86 valence electrons. The van der Waals surface area contributed by atoms with E-state index in [-0.39, 0.29) is 12.0 Å². The van der Waals surface area contributed by atoms with E-state index in [0.29, 0.717) is 13.0 Å². The van der Waals surface area contributed by atoms with Gasteiger partial charge in [-0.05, 0) is 18.3 Å². The predicted octanol–water partition coefficient (Wildman–Crippen LogP) is 0.901. The van der Waals surface area contributed by atoms with Crippen LogP contribution in [0.1, 0.15) is 26.7 Å². The SMILES string of the molecule is CC(C)(CCCO)CNS(=O)(=O)CCl. The van der Waals surface area contributed by atoms with Gasteiger partial charge in [0.2, 0.25) is 10.0 Å². The molecule has 0 unspecified atom stereocenters. The maximum Gasteiger partial charge on any atom is 0.225 e. The molecule has 0 heterocycles. The summed E-state index contributed by atoms with van der Waals surface area (Å²) in [5.41, 5.74) is -0.151. The van der Waals surface area contributed by atoms with Gasteiger partial charge in [-0.1, -0.05) is 13.8 Å². The van der Waals surface area contributed by atoms with E-state index in [0.717, 1.165) is 6.42 Å². The van der Waals surface area contributed by atoms with Gasteiger partial charge in [0.25, 0.3) is 0 Å². The van der Waals surface area contributed by atoms with Crippen LogP contribution >= 0.6 is 11.6 Å². The summed E-state index contributed by atoms with van der Waals surface area (Å²) >= 11 is 5.24. The highest BCUT2D eigenvalue weighted by Crippen LogP contribution is 2.21. The Morgan fingerprint density at radius 3 is 2.43 bits per heavy atom. The third-order valence-corrected chi connectivity index (χ3v) is 3.66. The Balaban J connectivity index is 3.98. The van der Waals surface area contributed by atoms with Gasteiger partial charge in [-0.15, -0.1) is 11.6 Å². The van der Waals surface area contributed by atoms with Crippen molar-refractivity contribution in [3.05, 3.63) is 0 Å². The van der Waals surface area contributed by atoms with Crippen LogP contribution in [0.25, 0.3) is 0 Å². The Morgan fingerprint density at radius 1 is 1.43 bits per heavy atom. The Morgan fingerprint density at radius 2 is 2.00 bits per heavy atom. The normalized spacial score (nSPS) is 13.1. The summed E-state index contributed by atoms with van der Waals surface area (Å²) in [7, 11) is -3.32. The number of halogens is 1. The Labute approximate surface area is 90.7 Å². The van der Waals surface area contributed by atoms with E-state index >= 15 is 0 Å². The molecule has 0 saturated carbocycles. The van der Waals surface area contributed by atoms with Crippen molar-refractivity contribution in [2.75, 3.05) is 18.4 Å². The van der Waals surface area contributed by atoms with Gasteiger partial charge in [-0.25, -0.2) is 13.1 Å². The zero-order chi connectivity index (χ0) is 11.2. The molecular weight excluding hydrogens is 226 g/mol. The fourth-order valence-electron chi connectivity index (χ4n) is 0.990. The molecular formula is C8H18ClNO3S. The highest BCUT2D eigenvalue weighted by molar-refractivity contribution is 7.90. The van der Waals surface area contributed by atoms with Crippen molar-refractivity contribution in [1.82, 2.24) is 4.72 Å². The van der Waals surface area contributed by atoms with Crippen LogP contribution < -0.4 is 4.72 Å². The zero-order valence-corrected chi connectivity index (χ0v) is 10.2. The predicted molar refractivity (Wildman–Crippen MR) is 57.7 cm³/mol. The van der Waals surface area contributed by atoms with Gasteiger partial charge >= 0.3 is 0 Å². The summed E-state index contributed by atoms with van der Waals surface area (Å²) < 4.78 is 24.5. The number of nitrogens with one attached hydrogen (secondary N) is 1. The van der Waals surface area contributed by atoms with Gasteiger partial charge in [0.15, 0.2) is 0 Å². The van der Waals surface area contributed by atoms with Crippen molar-refractivity contribution < 1.29 is 13.5 Å². The van der Waals surface area contributed by atoms with E-state index in [2.05, 4.69) is 4.72 Å². The molecule has 0 spiro atoms. The number of rotatable bonds is 7. The van der Waals surface area contributed by atoms with Crippen molar-refractivity contribution in [2.24, 2.45) is 5.41 Å². The van der Waals surface area contributed by atoms with E-state index in [1.807, 2.05) is 13.8 Å². The van der Waals surface area contributed by atoms with Gasteiger partial charge in [-0.3, -0.25) is 0 Å². The summed E-state index contributed by atoms with van der Waals surface area (Å²) in [6, 6.07) is 0. The first-order valence-electron chi connectivity index (χ1n) is 4.47. The highest BCUT2D eigenvalue weighted by atomic mass is 35.5. The second-order valence-electron chi connectivity index (χ2n) is 4.04. The number of sulfonamides is 1. The van der Waals surface area contributed by atoms with E-state index in [9.17, 15) is 8.42 Å². The molecule has 6 heteroatoms. The van der Waals surface area contributed by atoms with Crippen LogP contribution in [0.2, 0.25) is 0 Å². The first-order chi connectivity index (χ1) is 6.33. The molecule has 0 radical (unpaired) electrons. The molecule has 14 heavy (non-hydrogen) atoms. The largest absolute Gasteiger partial charge is 0.396 e. The van der Waals surface area contributed by atoms with Crippen LogP contribution in [-0.4, -0.2) is 31.9 Å². The lowest BCUT2D eigenvalue weighted by atomic mass is 9.88. The molecule has 0 aliphatic rings. The summed E-state index contributed by atoms with van der Waals surface area (Å²) in [4.78, 5) is 0. The molecule has 0 aliphatic carbocycles. The van der Waals surface area contributed by atoms with Gasteiger partial charge < -0.3 is 5.11 Å². The number of aliphatic hydroxyl groups excluding tert-OH is 1. The lowest BCUT2D eigenvalue weighted by Gasteiger charge is -2.24. The monoisotopic (exact) mass is 243 g/mol. The second-order valence-corrected chi connectivity index (χ2v) is 6.43. The number of hydrogen-bond donors (Lipinski definition) is 2. The van der Waals surface area contributed by atoms with Crippen molar-refractivity contribution in [3.8, 4) is 0 Å².